The van der Waals surface area contributed by atoms with Crippen LogP contribution in [-0.2, 0) is 7.05 Å². The van der Waals surface area contributed by atoms with Crippen molar-refractivity contribution in [1.29, 1.82) is 5.26 Å². The number of nitriles is 1. The number of hydrogen-bond acceptors (Lipinski definition) is 3. The van der Waals surface area contributed by atoms with Gasteiger partial charge in [-0.1, -0.05) is 6.07 Å². The van der Waals surface area contributed by atoms with Crippen molar-refractivity contribution in [3.8, 4) is 6.07 Å². The lowest BCUT2D eigenvalue weighted by atomic mass is 9.98. The molecule has 3 rings (SSSR count). The number of aromatic nitrogens is 2. The average Bonchev–Trinajstić information content (AvgIpc) is 2.81. The van der Waals surface area contributed by atoms with Crippen LogP contribution >= 0.6 is 0 Å². The highest BCUT2D eigenvalue weighted by atomic mass is 15.2. The molecular weight excluding hydrogens is 224 g/mol. The Hall–Kier alpha value is -2.02. The number of imidazole rings is 1. The molecule has 92 valence electrons. The number of anilines is 1. The Labute approximate surface area is 106 Å². The van der Waals surface area contributed by atoms with Gasteiger partial charge in [-0.3, -0.25) is 0 Å². The fraction of sp³-hybridized carbons (Fsp3) is 0.429. The third kappa shape index (κ3) is 1.72. The lowest BCUT2D eigenvalue weighted by Gasteiger charge is -2.31. The molecule has 1 aliphatic heterocycles. The third-order valence-electron chi connectivity index (χ3n) is 3.75. The van der Waals surface area contributed by atoms with Crippen molar-refractivity contribution < 1.29 is 0 Å². The van der Waals surface area contributed by atoms with Crippen LogP contribution in [0, 0.1) is 17.2 Å². The SMILES string of the molecule is Cn1cnc2c(N3CCC(C#N)CC3)cccc21. The van der Waals surface area contributed by atoms with Crippen LogP contribution in [0.5, 0.6) is 0 Å². The van der Waals surface area contributed by atoms with Crippen molar-refractivity contribution in [3.05, 3.63) is 24.5 Å². The van der Waals surface area contributed by atoms with Crippen LogP contribution in [0.15, 0.2) is 24.5 Å². The van der Waals surface area contributed by atoms with E-state index in [1.165, 1.54) is 5.69 Å². The van der Waals surface area contributed by atoms with Crippen LogP contribution < -0.4 is 4.90 Å². The Morgan fingerprint density at radius 2 is 2.11 bits per heavy atom. The summed E-state index contributed by atoms with van der Waals surface area (Å²) < 4.78 is 2.04. The first-order chi connectivity index (χ1) is 8.79. The van der Waals surface area contributed by atoms with Crippen LogP contribution in [0.2, 0.25) is 0 Å². The molecule has 0 radical (unpaired) electrons. The van der Waals surface area contributed by atoms with Gasteiger partial charge in [-0.25, -0.2) is 4.98 Å². The average molecular weight is 240 g/mol. The summed E-state index contributed by atoms with van der Waals surface area (Å²) in [5, 5.41) is 8.94. The summed E-state index contributed by atoms with van der Waals surface area (Å²) in [5.41, 5.74) is 3.43. The molecule has 2 aromatic rings. The van der Waals surface area contributed by atoms with Gasteiger partial charge in [0.25, 0.3) is 0 Å². The molecule has 1 aliphatic rings. The molecule has 4 nitrogen and oxygen atoms in total. The predicted octanol–water partition coefficient (Wildman–Crippen LogP) is 2.31. The second-order valence-corrected chi connectivity index (χ2v) is 4.89. The Balaban J connectivity index is 1.94. The zero-order valence-electron chi connectivity index (χ0n) is 10.5. The molecule has 2 heterocycles. The minimum Gasteiger partial charge on any atom is -0.370 e. The molecule has 0 spiro atoms. The summed E-state index contributed by atoms with van der Waals surface area (Å²) in [6, 6.07) is 8.67. The molecular formula is C14H16N4. The van der Waals surface area contributed by atoms with E-state index in [4.69, 9.17) is 5.26 Å². The summed E-state index contributed by atoms with van der Waals surface area (Å²) in [6.45, 7) is 1.90. The molecule has 0 bridgehead atoms. The van der Waals surface area contributed by atoms with Crippen LogP contribution in [0.25, 0.3) is 11.0 Å². The molecule has 0 aliphatic carbocycles. The van der Waals surface area contributed by atoms with Crippen LogP contribution in [0.1, 0.15) is 12.8 Å². The van der Waals surface area contributed by atoms with Crippen molar-refractivity contribution in [3.63, 3.8) is 0 Å². The van der Waals surface area contributed by atoms with E-state index in [-0.39, 0.29) is 5.92 Å². The first kappa shape index (κ1) is 11.1. The van der Waals surface area contributed by atoms with Crippen LogP contribution in [0.4, 0.5) is 5.69 Å². The van der Waals surface area contributed by atoms with Crippen LogP contribution in [-0.4, -0.2) is 22.6 Å². The molecule has 18 heavy (non-hydrogen) atoms. The van der Waals surface area contributed by atoms with Gasteiger partial charge < -0.3 is 9.47 Å². The molecule has 1 aromatic carbocycles. The van der Waals surface area contributed by atoms with E-state index >= 15 is 0 Å². The lowest BCUT2D eigenvalue weighted by Crippen LogP contribution is -2.33. The second kappa shape index (κ2) is 4.34. The Bertz CT molecular complexity index is 600. The van der Waals surface area contributed by atoms with E-state index in [1.807, 2.05) is 17.9 Å². The molecule has 1 fully saturated rings. The van der Waals surface area contributed by atoms with E-state index in [0.29, 0.717) is 0 Å². The Kier molecular flexibility index (Phi) is 2.67. The van der Waals surface area contributed by atoms with E-state index in [1.54, 1.807) is 0 Å². The molecule has 0 amide bonds. The maximum atomic E-state index is 8.94. The summed E-state index contributed by atoms with van der Waals surface area (Å²) in [5.74, 6) is 0.226. The van der Waals surface area contributed by atoms with Crippen molar-refractivity contribution in [1.82, 2.24) is 9.55 Å². The molecule has 1 saturated heterocycles. The number of nitrogens with zero attached hydrogens (tertiary/aromatic N) is 4. The van der Waals surface area contributed by atoms with Gasteiger partial charge in [-0.2, -0.15) is 5.26 Å². The largest absolute Gasteiger partial charge is 0.370 e. The monoisotopic (exact) mass is 240 g/mol. The van der Waals surface area contributed by atoms with Gasteiger partial charge in [0.05, 0.1) is 23.6 Å². The summed E-state index contributed by atoms with van der Waals surface area (Å²) in [7, 11) is 2.01. The first-order valence-corrected chi connectivity index (χ1v) is 6.34. The molecule has 1 aromatic heterocycles. The Morgan fingerprint density at radius 3 is 2.83 bits per heavy atom. The number of hydrogen-bond donors (Lipinski definition) is 0. The molecule has 0 saturated carbocycles. The van der Waals surface area contributed by atoms with E-state index < -0.39 is 0 Å². The van der Waals surface area contributed by atoms with E-state index in [2.05, 4.69) is 34.2 Å². The van der Waals surface area contributed by atoms with Gasteiger partial charge >= 0.3 is 0 Å². The third-order valence-corrected chi connectivity index (χ3v) is 3.75. The first-order valence-electron chi connectivity index (χ1n) is 6.34. The zero-order chi connectivity index (χ0) is 12.5. The van der Waals surface area contributed by atoms with Gasteiger partial charge in [0, 0.05) is 26.1 Å². The fourth-order valence-corrected chi connectivity index (χ4v) is 2.65. The summed E-state index contributed by atoms with van der Waals surface area (Å²) in [6.07, 6.45) is 3.77. The van der Waals surface area contributed by atoms with Gasteiger partial charge in [0.2, 0.25) is 0 Å². The normalized spacial score (nSPS) is 17.0. The molecule has 0 unspecified atom stereocenters. The highest BCUT2D eigenvalue weighted by molar-refractivity contribution is 5.89. The second-order valence-electron chi connectivity index (χ2n) is 4.89. The molecule has 4 heteroatoms. The maximum Gasteiger partial charge on any atom is 0.112 e. The predicted molar refractivity (Wildman–Crippen MR) is 71.3 cm³/mol. The topological polar surface area (TPSA) is 44.9 Å². The number of piperidine rings is 1. The lowest BCUT2D eigenvalue weighted by molar-refractivity contribution is 0.488. The van der Waals surface area contributed by atoms with Crippen LogP contribution in [0.3, 0.4) is 0 Å². The van der Waals surface area contributed by atoms with Gasteiger partial charge in [0.15, 0.2) is 0 Å². The quantitative estimate of drug-likeness (QED) is 0.768. The van der Waals surface area contributed by atoms with Crippen molar-refractivity contribution in [2.24, 2.45) is 13.0 Å². The number of aryl methyl sites for hydroxylation is 1. The maximum absolute atomic E-state index is 8.94. The minimum atomic E-state index is 0.226. The smallest absolute Gasteiger partial charge is 0.112 e. The van der Waals surface area contributed by atoms with Gasteiger partial charge in [-0.05, 0) is 25.0 Å². The number of benzene rings is 1. The Morgan fingerprint density at radius 1 is 1.33 bits per heavy atom. The molecule has 0 N–H and O–H groups in total. The number of rotatable bonds is 1. The number of para-hydroxylation sites is 1. The van der Waals surface area contributed by atoms with E-state index in [0.717, 1.165) is 37.0 Å². The standard InChI is InChI=1S/C14H16N4/c1-17-10-16-14-12(17)3-2-4-13(14)18-7-5-11(9-15)6-8-18/h2-4,10-11H,5-8H2,1H3. The zero-order valence-corrected chi connectivity index (χ0v) is 10.5. The van der Waals surface area contributed by atoms with Crippen molar-refractivity contribution in [2.75, 3.05) is 18.0 Å². The summed E-state index contributed by atoms with van der Waals surface area (Å²) in [4.78, 5) is 6.84. The highest BCUT2D eigenvalue weighted by Gasteiger charge is 2.20. The van der Waals surface area contributed by atoms with Gasteiger partial charge in [0.1, 0.15) is 5.52 Å². The fourth-order valence-electron chi connectivity index (χ4n) is 2.65. The highest BCUT2D eigenvalue weighted by Crippen LogP contribution is 2.28. The minimum absolute atomic E-state index is 0.226. The van der Waals surface area contributed by atoms with E-state index in [9.17, 15) is 0 Å². The van der Waals surface area contributed by atoms with Crippen molar-refractivity contribution >= 4 is 16.7 Å². The van der Waals surface area contributed by atoms with Crippen molar-refractivity contribution in [2.45, 2.75) is 12.8 Å². The molecule has 0 atom stereocenters. The number of fused-ring (bicyclic) bond motifs is 1. The summed E-state index contributed by atoms with van der Waals surface area (Å²) >= 11 is 0. The van der Waals surface area contributed by atoms with Gasteiger partial charge in [-0.15, -0.1) is 0 Å².